The second-order valence-electron chi connectivity index (χ2n) is 6.55. The summed E-state index contributed by atoms with van der Waals surface area (Å²) in [5, 5.41) is 19.4. The van der Waals surface area contributed by atoms with Crippen LogP contribution in [0.2, 0.25) is 0 Å². The minimum atomic E-state index is -0.860. The number of rotatable bonds is 5. The molecule has 0 bridgehead atoms. The van der Waals surface area contributed by atoms with Crippen LogP contribution in [0.15, 0.2) is 54.6 Å². The molecule has 0 aromatic heterocycles. The van der Waals surface area contributed by atoms with Gasteiger partial charge >= 0.3 is 6.03 Å². The van der Waals surface area contributed by atoms with Gasteiger partial charge in [0.05, 0.1) is 11.3 Å². The van der Waals surface area contributed by atoms with Gasteiger partial charge in [-0.05, 0) is 56.6 Å². The number of aliphatic hydroxyl groups is 1. The molecule has 4 N–H and O–H groups in total. The van der Waals surface area contributed by atoms with Gasteiger partial charge < -0.3 is 25.8 Å². The van der Waals surface area contributed by atoms with Crippen LogP contribution in [-0.2, 0) is 0 Å². The zero-order chi connectivity index (χ0) is 18.2. The lowest BCUT2D eigenvalue weighted by atomic mass is 9.95. The predicted octanol–water partition coefficient (Wildman–Crippen LogP) is 3.11. The standard InChI is InChI=1S/C20H25N3O3/c24-19(22-15-20(25)11-6-13-21-14-12-20)23-17-9-4-5-10-18(17)26-16-7-2-1-3-8-16/h1-5,7-10,21,25H,6,11-15H2,(H2,22,23,24). The van der Waals surface area contributed by atoms with E-state index < -0.39 is 5.60 Å². The van der Waals surface area contributed by atoms with E-state index in [0.29, 0.717) is 30.0 Å². The quantitative estimate of drug-likeness (QED) is 0.664. The van der Waals surface area contributed by atoms with Crippen molar-refractivity contribution in [1.29, 1.82) is 0 Å². The van der Waals surface area contributed by atoms with Crippen LogP contribution < -0.4 is 20.7 Å². The molecule has 0 saturated carbocycles. The summed E-state index contributed by atoms with van der Waals surface area (Å²) in [6.45, 7) is 1.88. The first-order valence-corrected chi connectivity index (χ1v) is 8.95. The van der Waals surface area contributed by atoms with Crippen LogP contribution in [0.25, 0.3) is 0 Å². The zero-order valence-electron chi connectivity index (χ0n) is 14.7. The van der Waals surface area contributed by atoms with Crippen LogP contribution in [0.1, 0.15) is 19.3 Å². The molecule has 2 aromatic carbocycles. The molecule has 0 radical (unpaired) electrons. The minimum Gasteiger partial charge on any atom is -0.455 e. The van der Waals surface area contributed by atoms with Crippen LogP contribution in [-0.4, -0.2) is 36.4 Å². The molecule has 26 heavy (non-hydrogen) atoms. The summed E-state index contributed by atoms with van der Waals surface area (Å²) in [5.41, 5.74) is -0.288. The maximum Gasteiger partial charge on any atom is 0.319 e. The Hall–Kier alpha value is -2.57. The van der Waals surface area contributed by atoms with Gasteiger partial charge in [0.15, 0.2) is 5.75 Å². The number of hydrogen-bond donors (Lipinski definition) is 4. The molecule has 2 aromatic rings. The van der Waals surface area contributed by atoms with Gasteiger partial charge in [-0.3, -0.25) is 0 Å². The minimum absolute atomic E-state index is 0.224. The van der Waals surface area contributed by atoms with Crippen molar-refractivity contribution in [3.63, 3.8) is 0 Å². The summed E-state index contributed by atoms with van der Waals surface area (Å²) in [6.07, 6.45) is 2.20. The first kappa shape index (κ1) is 18.2. The van der Waals surface area contributed by atoms with E-state index in [9.17, 15) is 9.90 Å². The highest BCUT2D eigenvalue weighted by atomic mass is 16.5. The molecule has 1 unspecified atom stereocenters. The second-order valence-corrected chi connectivity index (χ2v) is 6.55. The third-order valence-electron chi connectivity index (χ3n) is 4.45. The van der Waals surface area contributed by atoms with Crippen molar-refractivity contribution >= 4 is 11.7 Å². The van der Waals surface area contributed by atoms with Gasteiger partial charge in [0, 0.05) is 6.54 Å². The Morgan fingerprint density at radius 3 is 2.69 bits per heavy atom. The fourth-order valence-electron chi connectivity index (χ4n) is 2.98. The summed E-state index contributed by atoms with van der Waals surface area (Å²) in [4.78, 5) is 12.3. The van der Waals surface area contributed by atoms with E-state index in [2.05, 4.69) is 16.0 Å². The Balaban J connectivity index is 1.59. The predicted molar refractivity (Wildman–Crippen MR) is 102 cm³/mol. The lowest BCUT2D eigenvalue weighted by molar-refractivity contribution is 0.0312. The first-order valence-electron chi connectivity index (χ1n) is 8.95. The van der Waals surface area contributed by atoms with Gasteiger partial charge in [-0.1, -0.05) is 30.3 Å². The average Bonchev–Trinajstić information content (AvgIpc) is 2.88. The van der Waals surface area contributed by atoms with E-state index >= 15 is 0 Å². The van der Waals surface area contributed by atoms with Gasteiger partial charge in [0.2, 0.25) is 0 Å². The highest BCUT2D eigenvalue weighted by Crippen LogP contribution is 2.29. The Kier molecular flexibility index (Phi) is 6.09. The molecule has 2 amide bonds. The highest BCUT2D eigenvalue weighted by Gasteiger charge is 2.28. The monoisotopic (exact) mass is 355 g/mol. The smallest absolute Gasteiger partial charge is 0.319 e. The third kappa shape index (κ3) is 5.21. The maximum atomic E-state index is 12.3. The number of ether oxygens (including phenoxy) is 1. The molecule has 1 saturated heterocycles. The highest BCUT2D eigenvalue weighted by molar-refractivity contribution is 5.91. The van der Waals surface area contributed by atoms with Crippen LogP contribution >= 0.6 is 0 Å². The first-order chi connectivity index (χ1) is 12.6. The van der Waals surface area contributed by atoms with Crippen LogP contribution in [0.3, 0.4) is 0 Å². The molecule has 1 aliphatic heterocycles. The molecule has 0 aliphatic carbocycles. The zero-order valence-corrected chi connectivity index (χ0v) is 14.7. The molecule has 6 nitrogen and oxygen atoms in total. The number of amides is 2. The third-order valence-corrected chi connectivity index (χ3v) is 4.45. The van der Waals surface area contributed by atoms with Crippen molar-refractivity contribution in [2.24, 2.45) is 0 Å². The largest absolute Gasteiger partial charge is 0.455 e. The Morgan fingerprint density at radius 2 is 1.85 bits per heavy atom. The SMILES string of the molecule is O=C(NCC1(O)CCCNCC1)Nc1ccccc1Oc1ccccc1. The summed E-state index contributed by atoms with van der Waals surface area (Å²) in [7, 11) is 0. The molecule has 1 heterocycles. The second kappa shape index (κ2) is 8.69. The number of para-hydroxylation sites is 3. The van der Waals surface area contributed by atoms with E-state index in [1.165, 1.54) is 0 Å². The summed E-state index contributed by atoms with van der Waals surface area (Å²) >= 11 is 0. The normalized spacial score (nSPS) is 20.0. The van der Waals surface area contributed by atoms with Crippen molar-refractivity contribution in [2.75, 3.05) is 25.0 Å². The Labute approximate surface area is 153 Å². The van der Waals surface area contributed by atoms with Crippen LogP contribution in [0.5, 0.6) is 11.5 Å². The summed E-state index contributed by atoms with van der Waals surface area (Å²) in [5.74, 6) is 1.26. The van der Waals surface area contributed by atoms with Crippen molar-refractivity contribution in [3.8, 4) is 11.5 Å². The summed E-state index contributed by atoms with van der Waals surface area (Å²) in [6, 6.07) is 16.3. The molecule has 1 fully saturated rings. The molecule has 3 rings (SSSR count). The molecular weight excluding hydrogens is 330 g/mol. The Morgan fingerprint density at radius 1 is 1.08 bits per heavy atom. The van der Waals surface area contributed by atoms with Gasteiger partial charge in [0.1, 0.15) is 5.75 Å². The van der Waals surface area contributed by atoms with Crippen molar-refractivity contribution in [1.82, 2.24) is 10.6 Å². The molecule has 0 spiro atoms. The number of benzene rings is 2. The van der Waals surface area contributed by atoms with Crippen LogP contribution in [0.4, 0.5) is 10.5 Å². The number of urea groups is 1. The number of carbonyl (C=O) groups excluding carboxylic acids is 1. The van der Waals surface area contributed by atoms with E-state index in [0.717, 1.165) is 19.5 Å². The van der Waals surface area contributed by atoms with Crippen LogP contribution in [0, 0.1) is 0 Å². The molecule has 1 atom stereocenters. The molecule has 1 aliphatic rings. The van der Waals surface area contributed by atoms with E-state index in [1.54, 1.807) is 12.1 Å². The molecule has 6 heteroatoms. The van der Waals surface area contributed by atoms with E-state index in [1.807, 2.05) is 42.5 Å². The van der Waals surface area contributed by atoms with E-state index in [4.69, 9.17) is 4.74 Å². The van der Waals surface area contributed by atoms with Gasteiger partial charge in [-0.2, -0.15) is 0 Å². The maximum absolute atomic E-state index is 12.3. The Bertz CT molecular complexity index is 713. The lowest BCUT2D eigenvalue weighted by Crippen LogP contribution is -2.44. The number of carbonyl (C=O) groups is 1. The summed E-state index contributed by atoms with van der Waals surface area (Å²) < 4.78 is 5.84. The number of hydrogen-bond acceptors (Lipinski definition) is 4. The van der Waals surface area contributed by atoms with Crippen molar-refractivity contribution in [3.05, 3.63) is 54.6 Å². The van der Waals surface area contributed by atoms with Gasteiger partial charge in [-0.25, -0.2) is 4.79 Å². The lowest BCUT2D eigenvalue weighted by Gasteiger charge is -2.26. The molecular formula is C20H25N3O3. The fourth-order valence-corrected chi connectivity index (χ4v) is 2.98. The topological polar surface area (TPSA) is 82.6 Å². The van der Waals surface area contributed by atoms with Crippen molar-refractivity contribution < 1.29 is 14.6 Å². The molecule has 138 valence electrons. The fraction of sp³-hybridized carbons (Fsp3) is 0.350. The average molecular weight is 355 g/mol. The number of nitrogens with one attached hydrogen (secondary N) is 3. The van der Waals surface area contributed by atoms with Crippen molar-refractivity contribution in [2.45, 2.75) is 24.9 Å². The van der Waals surface area contributed by atoms with Gasteiger partial charge in [-0.15, -0.1) is 0 Å². The number of anilines is 1. The van der Waals surface area contributed by atoms with Gasteiger partial charge in [0.25, 0.3) is 0 Å². The van der Waals surface area contributed by atoms with E-state index in [-0.39, 0.29) is 12.6 Å².